The van der Waals surface area contributed by atoms with E-state index in [2.05, 4.69) is 6.07 Å². The minimum absolute atomic E-state index is 0.309. The van der Waals surface area contributed by atoms with Crippen LogP contribution in [-0.4, -0.2) is 6.79 Å². The van der Waals surface area contributed by atoms with E-state index in [0.717, 1.165) is 22.6 Å². The molecule has 3 heteroatoms. The van der Waals surface area contributed by atoms with Crippen LogP contribution in [0.4, 0.5) is 0 Å². The van der Waals surface area contributed by atoms with Crippen LogP contribution in [0.5, 0.6) is 11.5 Å². The Hall–Kier alpha value is -0.890. The lowest BCUT2D eigenvalue weighted by Gasteiger charge is -2.07. The SMILES string of the molecule is Cc1cc(CCl)c2c(c1C)OCO2. The lowest BCUT2D eigenvalue weighted by molar-refractivity contribution is 0.173. The van der Waals surface area contributed by atoms with Crippen molar-refractivity contribution in [3.63, 3.8) is 0 Å². The van der Waals surface area contributed by atoms with E-state index >= 15 is 0 Å². The Bertz CT molecular complexity index is 347. The van der Waals surface area contributed by atoms with E-state index in [-0.39, 0.29) is 0 Å². The molecule has 0 atom stereocenters. The number of rotatable bonds is 1. The highest BCUT2D eigenvalue weighted by Gasteiger charge is 2.20. The van der Waals surface area contributed by atoms with E-state index < -0.39 is 0 Å². The average Bonchev–Trinajstić information content (AvgIpc) is 2.60. The molecule has 1 aromatic carbocycles. The predicted octanol–water partition coefficient (Wildman–Crippen LogP) is 2.77. The van der Waals surface area contributed by atoms with Gasteiger partial charge in [0.1, 0.15) is 0 Å². The Labute approximate surface area is 82.4 Å². The van der Waals surface area contributed by atoms with Crippen LogP contribution in [0.1, 0.15) is 16.7 Å². The molecule has 1 aromatic rings. The Balaban J connectivity index is 2.64. The molecule has 0 fully saturated rings. The fourth-order valence-electron chi connectivity index (χ4n) is 1.51. The van der Waals surface area contributed by atoms with Gasteiger partial charge >= 0.3 is 0 Å². The number of aryl methyl sites for hydroxylation is 1. The van der Waals surface area contributed by atoms with E-state index in [1.807, 2.05) is 13.8 Å². The highest BCUT2D eigenvalue weighted by molar-refractivity contribution is 6.17. The summed E-state index contributed by atoms with van der Waals surface area (Å²) in [4.78, 5) is 0. The molecule has 0 saturated carbocycles. The lowest BCUT2D eigenvalue weighted by atomic mass is 10.0. The van der Waals surface area contributed by atoms with Crippen molar-refractivity contribution in [2.75, 3.05) is 6.79 Å². The molecule has 0 aromatic heterocycles. The number of alkyl halides is 1. The Morgan fingerprint density at radius 3 is 2.69 bits per heavy atom. The smallest absolute Gasteiger partial charge is 0.231 e. The number of benzene rings is 1. The number of fused-ring (bicyclic) bond motifs is 1. The van der Waals surface area contributed by atoms with Crippen LogP contribution in [-0.2, 0) is 5.88 Å². The molecule has 0 aliphatic carbocycles. The standard InChI is InChI=1S/C10H11ClO2/c1-6-3-8(4-11)10-9(7(6)2)12-5-13-10/h3H,4-5H2,1-2H3. The second-order valence-electron chi connectivity index (χ2n) is 3.18. The first-order valence-corrected chi connectivity index (χ1v) is 4.72. The van der Waals surface area contributed by atoms with Crippen molar-refractivity contribution in [3.05, 3.63) is 22.8 Å². The van der Waals surface area contributed by atoms with Crippen molar-refractivity contribution in [1.82, 2.24) is 0 Å². The van der Waals surface area contributed by atoms with Crippen molar-refractivity contribution < 1.29 is 9.47 Å². The molecular formula is C10H11ClO2. The van der Waals surface area contributed by atoms with Crippen LogP contribution in [0.15, 0.2) is 6.07 Å². The summed E-state index contributed by atoms with van der Waals surface area (Å²) in [5.74, 6) is 2.14. The summed E-state index contributed by atoms with van der Waals surface area (Å²) >= 11 is 5.80. The normalized spacial score (nSPS) is 13.5. The maximum atomic E-state index is 5.80. The van der Waals surface area contributed by atoms with Gasteiger partial charge in [-0.1, -0.05) is 6.07 Å². The van der Waals surface area contributed by atoms with Crippen molar-refractivity contribution in [2.24, 2.45) is 0 Å². The molecule has 0 amide bonds. The Morgan fingerprint density at radius 2 is 2.00 bits per heavy atom. The van der Waals surface area contributed by atoms with Gasteiger partial charge in [0, 0.05) is 5.56 Å². The molecule has 1 heterocycles. The minimum atomic E-state index is 0.309. The summed E-state index contributed by atoms with van der Waals surface area (Å²) in [6.45, 7) is 4.39. The maximum Gasteiger partial charge on any atom is 0.231 e. The fourth-order valence-corrected chi connectivity index (χ4v) is 1.71. The van der Waals surface area contributed by atoms with Crippen LogP contribution in [0, 0.1) is 13.8 Å². The largest absolute Gasteiger partial charge is 0.453 e. The molecule has 0 radical (unpaired) electrons. The van der Waals surface area contributed by atoms with Crippen molar-refractivity contribution in [1.29, 1.82) is 0 Å². The molecule has 13 heavy (non-hydrogen) atoms. The summed E-state index contributed by atoms with van der Waals surface area (Å²) in [5.41, 5.74) is 3.35. The molecule has 0 N–H and O–H groups in total. The van der Waals surface area contributed by atoms with E-state index in [4.69, 9.17) is 21.1 Å². The lowest BCUT2D eigenvalue weighted by Crippen LogP contribution is -1.94. The zero-order valence-electron chi connectivity index (χ0n) is 7.69. The monoisotopic (exact) mass is 198 g/mol. The first-order valence-electron chi connectivity index (χ1n) is 4.18. The van der Waals surface area contributed by atoms with Gasteiger partial charge in [0.05, 0.1) is 5.88 Å². The molecule has 0 bridgehead atoms. The molecule has 2 rings (SSSR count). The number of halogens is 1. The average molecular weight is 199 g/mol. The van der Waals surface area contributed by atoms with Gasteiger partial charge < -0.3 is 9.47 Å². The maximum absolute atomic E-state index is 5.80. The zero-order chi connectivity index (χ0) is 9.42. The predicted molar refractivity (Wildman–Crippen MR) is 51.6 cm³/mol. The first-order chi connectivity index (χ1) is 6.24. The molecule has 0 saturated heterocycles. The third-order valence-electron chi connectivity index (χ3n) is 2.37. The first kappa shape index (κ1) is 8.70. The number of ether oxygens (including phenoxy) is 2. The van der Waals surface area contributed by atoms with E-state index in [0.29, 0.717) is 12.7 Å². The van der Waals surface area contributed by atoms with Gasteiger partial charge in [0.2, 0.25) is 6.79 Å². The van der Waals surface area contributed by atoms with Crippen LogP contribution in [0.25, 0.3) is 0 Å². The van der Waals surface area contributed by atoms with Crippen molar-refractivity contribution >= 4 is 11.6 Å². The van der Waals surface area contributed by atoms with Crippen LogP contribution in [0.3, 0.4) is 0 Å². The van der Waals surface area contributed by atoms with Gasteiger partial charge in [0.25, 0.3) is 0 Å². The summed E-state index contributed by atoms with van der Waals surface area (Å²) in [6.07, 6.45) is 0. The second kappa shape index (κ2) is 3.11. The zero-order valence-corrected chi connectivity index (χ0v) is 8.44. The van der Waals surface area contributed by atoms with Crippen LogP contribution < -0.4 is 9.47 Å². The fraction of sp³-hybridized carbons (Fsp3) is 0.400. The highest BCUT2D eigenvalue weighted by Crippen LogP contribution is 2.40. The minimum Gasteiger partial charge on any atom is -0.453 e. The van der Waals surface area contributed by atoms with E-state index in [1.165, 1.54) is 5.56 Å². The summed E-state index contributed by atoms with van der Waals surface area (Å²) < 4.78 is 10.7. The molecule has 0 spiro atoms. The van der Waals surface area contributed by atoms with Crippen LogP contribution in [0.2, 0.25) is 0 Å². The molecular weight excluding hydrogens is 188 g/mol. The van der Waals surface area contributed by atoms with Gasteiger partial charge in [-0.2, -0.15) is 0 Å². The molecule has 2 nitrogen and oxygen atoms in total. The summed E-state index contributed by atoms with van der Waals surface area (Å²) in [7, 11) is 0. The van der Waals surface area contributed by atoms with E-state index in [1.54, 1.807) is 0 Å². The Kier molecular flexibility index (Phi) is 2.08. The van der Waals surface area contributed by atoms with Gasteiger partial charge in [-0.15, -0.1) is 11.6 Å². The third-order valence-corrected chi connectivity index (χ3v) is 2.66. The summed E-state index contributed by atoms with van der Waals surface area (Å²) in [5, 5.41) is 0. The van der Waals surface area contributed by atoms with Crippen LogP contribution >= 0.6 is 11.6 Å². The third kappa shape index (κ3) is 1.25. The summed E-state index contributed by atoms with van der Waals surface area (Å²) in [6, 6.07) is 2.05. The van der Waals surface area contributed by atoms with Gasteiger partial charge in [-0.25, -0.2) is 0 Å². The number of hydrogen-bond donors (Lipinski definition) is 0. The van der Waals surface area contributed by atoms with Gasteiger partial charge in [0.15, 0.2) is 11.5 Å². The van der Waals surface area contributed by atoms with Gasteiger partial charge in [-0.05, 0) is 25.0 Å². The highest BCUT2D eigenvalue weighted by atomic mass is 35.5. The van der Waals surface area contributed by atoms with Gasteiger partial charge in [-0.3, -0.25) is 0 Å². The number of hydrogen-bond acceptors (Lipinski definition) is 2. The Morgan fingerprint density at radius 1 is 1.31 bits per heavy atom. The quantitative estimate of drug-likeness (QED) is 0.646. The molecule has 1 aliphatic heterocycles. The molecule has 0 unspecified atom stereocenters. The second-order valence-corrected chi connectivity index (χ2v) is 3.44. The topological polar surface area (TPSA) is 18.5 Å². The van der Waals surface area contributed by atoms with Crippen molar-refractivity contribution in [2.45, 2.75) is 19.7 Å². The molecule has 1 aliphatic rings. The van der Waals surface area contributed by atoms with Crippen molar-refractivity contribution in [3.8, 4) is 11.5 Å². The molecule has 70 valence electrons. The van der Waals surface area contributed by atoms with E-state index in [9.17, 15) is 0 Å².